The molecule has 0 radical (unpaired) electrons. The van der Waals surface area contributed by atoms with Gasteiger partial charge in [-0.1, -0.05) is 60.1 Å². The lowest BCUT2D eigenvalue weighted by Crippen LogP contribution is -2.21. The summed E-state index contributed by atoms with van der Waals surface area (Å²) >= 11 is 3.53. The van der Waals surface area contributed by atoms with Crippen LogP contribution in [0.4, 0.5) is 0 Å². The predicted octanol–water partition coefficient (Wildman–Crippen LogP) is 4.53. The fourth-order valence-electron chi connectivity index (χ4n) is 1.80. The second-order valence-corrected chi connectivity index (χ2v) is 5.91. The monoisotopic (exact) mass is 333 g/mol. The Morgan fingerprint density at radius 1 is 1.05 bits per heavy atom. The van der Waals surface area contributed by atoms with E-state index in [0.717, 1.165) is 22.3 Å². The lowest BCUT2D eigenvalue weighted by molar-refractivity contribution is 0.305. The van der Waals surface area contributed by atoms with Crippen LogP contribution in [0.2, 0.25) is 0 Å². The SMILES string of the molecule is CC(C)NCc1ccc(OCc2ccccc2Br)cc1. The Bertz CT molecular complexity index is 537. The number of benzene rings is 2. The Morgan fingerprint density at radius 2 is 1.75 bits per heavy atom. The van der Waals surface area contributed by atoms with Crippen LogP contribution in [0.5, 0.6) is 5.75 Å². The number of hydrogen-bond donors (Lipinski definition) is 1. The lowest BCUT2D eigenvalue weighted by atomic mass is 10.2. The zero-order chi connectivity index (χ0) is 14.4. The molecule has 1 N–H and O–H groups in total. The van der Waals surface area contributed by atoms with E-state index in [9.17, 15) is 0 Å². The number of halogens is 1. The van der Waals surface area contributed by atoms with Crippen LogP contribution in [0, 0.1) is 0 Å². The van der Waals surface area contributed by atoms with Crippen molar-refractivity contribution in [2.24, 2.45) is 0 Å². The molecule has 0 atom stereocenters. The van der Waals surface area contributed by atoms with Gasteiger partial charge in [0.05, 0.1) is 0 Å². The van der Waals surface area contributed by atoms with E-state index in [1.54, 1.807) is 0 Å². The molecular formula is C17H20BrNO. The molecule has 2 rings (SSSR count). The predicted molar refractivity (Wildman–Crippen MR) is 86.9 cm³/mol. The molecule has 0 saturated heterocycles. The van der Waals surface area contributed by atoms with E-state index in [1.165, 1.54) is 5.56 Å². The molecule has 0 unspecified atom stereocenters. The summed E-state index contributed by atoms with van der Waals surface area (Å²) in [6.45, 7) is 5.76. The Labute approximate surface area is 129 Å². The maximum Gasteiger partial charge on any atom is 0.119 e. The molecule has 0 amide bonds. The molecule has 0 aliphatic heterocycles. The maximum atomic E-state index is 5.80. The quantitative estimate of drug-likeness (QED) is 0.838. The molecule has 0 spiro atoms. The third-order valence-electron chi connectivity index (χ3n) is 2.99. The lowest BCUT2D eigenvalue weighted by Gasteiger charge is -2.10. The third-order valence-corrected chi connectivity index (χ3v) is 3.76. The van der Waals surface area contributed by atoms with Crippen molar-refractivity contribution in [2.45, 2.75) is 33.0 Å². The molecule has 2 nitrogen and oxygen atoms in total. The highest BCUT2D eigenvalue weighted by Gasteiger charge is 2.01. The van der Waals surface area contributed by atoms with Crippen molar-refractivity contribution < 1.29 is 4.74 Å². The molecule has 0 saturated carbocycles. The van der Waals surface area contributed by atoms with Crippen LogP contribution in [0.3, 0.4) is 0 Å². The standard InChI is InChI=1S/C17H20BrNO/c1-13(2)19-11-14-7-9-16(10-8-14)20-12-15-5-3-4-6-17(15)18/h3-10,13,19H,11-12H2,1-2H3. The zero-order valence-electron chi connectivity index (χ0n) is 11.9. The molecule has 0 aliphatic rings. The van der Waals surface area contributed by atoms with Crippen LogP contribution in [-0.4, -0.2) is 6.04 Å². The smallest absolute Gasteiger partial charge is 0.119 e. The van der Waals surface area contributed by atoms with Crippen molar-refractivity contribution in [1.82, 2.24) is 5.32 Å². The van der Waals surface area contributed by atoms with Gasteiger partial charge in [0.1, 0.15) is 12.4 Å². The molecule has 0 aromatic heterocycles. The Kier molecular flexibility index (Phi) is 5.62. The summed E-state index contributed by atoms with van der Waals surface area (Å²) < 4.78 is 6.88. The molecule has 3 heteroatoms. The summed E-state index contributed by atoms with van der Waals surface area (Å²) in [6.07, 6.45) is 0. The van der Waals surface area contributed by atoms with Gasteiger partial charge in [-0.2, -0.15) is 0 Å². The molecule has 0 bridgehead atoms. The Morgan fingerprint density at radius 3 is 2.40 bits per heavy atom. The second kappa shape index (κ2) is 7.46. The van der Waals surface area contributed by atoms with E-state index in [2.05, 4.69) is 53.3 Å². The number of ether oxygens (including phenoxy) is 1. The average Bonchev–Trinajstić information content (AvgIpc) is 2.45. The number of hydrogen-bond acceptors (Lipinski definition) is 2. The summed E-state index contributed by atoms with van der Waals surface area (Å²) in [4.78, 5) is 0. The number of nitrogens with one attached hydrogen (secondary N) is 1. The van der Waals surface area contributed by atoms with E-state index >= 15 is 0 Å². The zero-order valence-corrected chi connectivity index (χ0v) is 13.5. The van der Waals surface area contributed by atoms with Crippen LogP contribution < -0.4 is 10.1 Å². The Balaban J connectivity index is 1.89. The fraction of sp³-hybridized carbons (Fsp3) is 0.294. The summed E-state index contributed by atoms with van der Waals surface area (Å²) in [7, 11) is 0. The number of rotatable bonds is 6. The first-order valence-electron chi connectivity index (χ1n) is 6.83. The van der Waals surface area contributed by atoms with E-state index in [-0.39, 0.29) is 0 Å². The van der Waals surface area contributed by atoms with Crippen LogP contribution in [0.1, 0.15) is 25.0 Å². The van der Waals surface area contributed by atoms with Crippen LogP contribution in [0.25, 0.3) is 0 Å². The summed E-state index contributed by atoms with van der Waals surface area (Å²) in [5.74, 6) is 0.897. The van der Waals surface area contributed by atoms with Crippen LogP contribution >= 0.6 is 15.9 Å². The van der Waals surface area contributed by atoms with Gasteiger partial charge in [0, 0.05) is 22.6 Å². The highest BCUT2D eigenvalue weighted by molar-refractivity contribution is 9.10. The molecule has 2 aromatic carbocycles. The van der Waals surface area contributed by atoms with Gasteiger partial charge in [-0.3, -0.25) is 0 Å². The average molecular weight is 334 g/mol. The molecule has 106 valence electrons. The van der Waals surface area contributed by atoms with Crippen molar-refractivity contribution in [1.29, 1.82) is 0 Å². The first-order valence-corrected chi connectivity index (χ1v) is 7.63. The fourth-order valence-corrected chi connectivity index (χ4v) is 2.20. The molecule has 0 heterocycles. The minimum absolute atomic E-state index is 0.501. The van der Waals surface area contributed by atoms with Crippen LogP contribution in [-0.2, 0) is 13.2 Å². The van der Waals surface area contributed by atoms with Gasteiger partial charge >= 0.3 is 0 Å². The second-order valence-electron chi connectivity index (χ2n) is 5.06. The van der Waals surface area contributed by atoms with Crippen molar-refractivity contribution >= 4 is 15.9 Å². The first kappa shape index (κ1) is 15.1. The van der Waals surface area contributed by atoms with Gasteiger partial charge in [0.25, 0.3) is 0 Å². The van der Waals surface area contributed by atoms with Crippen molar-refractivity contribution in [3.63, 3.8) is 0 Å². The van der Waals surface area contributed by atoms with Gasteiger partial charge in [-0.05, 0) is 23.8 Å². The normalized spacial score (nSPS) is 10.8. The van der Waals surface area contributed by atoms with Gasteiger partial charge < -0.3 is 10.1 Å². The summed E-state index contributed by atoms with van der Waals surface area (Å²) in [5, 5.41) is 3.40. The summed E-state index contributed by atoms with van der Waals surface area (Å²) in [5.41, 5.74) is 2.42. The molecule has 2 aromatic rings. The van der Waals surface area contributed by atoms with Crippen molar-refractivity contribution in [3.05, 3.63) is 64.1 Å². The molecule has 0 aliphatic carbocycles. The Hall–Kier alpha value is -1.32. The highest BCUT2D eigenvalue weighted by atomic mass is 79.9. The maximum absolute atomic E-state index is 5.80. The minimum atomic E-state index is 0.501. The van der Waals surface area contributed by atoms with E-state index < -0.39 is 0 Å². The molecule has 0 fully saturated rings. The molecular weight excluding hydrogens is 314 g/mol. The van der Waals surface area contributed by atoms with Gasteiger partial charge in [0.2, 0.25) is 0 Å². The van der Waals surface area contributed by atoms with Gasteiger partial charge in [0.15, 0.2) is 0 Å². The largest absolute Gasteiger partial charge is 0.489 e. The van der Waals surface area contributed by atoms with E-state index in [0.29, 0.717) is 12.6 Å². The topological polar surface area (TPSA) is 21.3 Å². The van der Waals surface area contributed by atoms with E-state index in [4.69, 9.17) is 4.74 Å². The van der Waals surface area contributed by atoms with E-state index in [1.807, 2.05) is 30.3 Å². The third kappa shape index (κ3) is 4.66. The van der Waals surface area contributed by atoms with Crippen LogP contribution in [0.15, 0.2) is 53.0 Å². The minimum Gasteiger partial charge on any atom is -0.489 e. The van der Waals surface area contributed by atoms with Gasteiger partial charge in [-0.15, -0.1) is 0 Å². The molecule has 20 heavy (non-hydrogen) atoms. The van der Waals surface area contributed by atoms with Crippen molar-refractivity contribution in [2.75, 3.05) is 0 Å². The summed E-state index contributed by atoms with van der Waals surface area (Å²) in [6, 6.07) is 16.9. The highest BCUT2D eigenvalue weighted by Crippen LogP contribution is 2.19. The van der Waals surface area contributed by atoms with Gasteiger partial charge in [-0.25, -0.2) is 0 Å². The first-order chi connectivity index (χ1) is 9.65. The van der Waals surface area contributed by atoms with Crippen molar-refractivity contribution in [3.8, 4) is 5.75 Å².